The number of rotatable bonds is 2. The number of hydrogen-bond donors (Lipinski definition) is 1. The van der Waals surface area contributed by atoms with Crippen molar-refractivity contribution >= 4 is 23.2 Å². The number of benzene rings is 1. The number of nitrogens with zero attached hydrogens (tertiary/aromatic N) is 2. The zero-order valence-electron chi connectivity index (χ0n) is 13.3. The summed E-state index contributed by atoms with van der Waals surface area (Å²) in [5.41, 5.74) is 2.87. The van der Waals surface area contributed by atoms with Gasteiger partial charge >= 0.3 is 0 Å². The van der Waals surface area contributed by atoms with Gasteiger partial charge < -0.3 is 10.2 Å². The second-order valence-electron chi connectivity index (χ2n) is 6.42. The maximum Gasteiger partial charge on any atom is 0.246 e. The summed E-state index contributed by atoms with van der Waals surface area (Å²) in [4.78, 5) is 28.2. The Labute approximate surface area is 131 Å². The fourth-order valence-electron chi connectivity index (χ4n) is 3.09. The molecule has 0 bridgehead atoms. The molecule has 1 saturated heterocycles. The molecule has 1 aromatic carbocycles. The van der Waals surface area contributed by atoms with Crippen molar-refractivity contribution in [3.63, 3.8) is 0 Å². The largest absolute Gasteiger partial charge is 0.374 e. The Morgan fingerprint density at radius 3 is 2.77 bits per heavy atom. The van der Waals surface area contributed by atoms with E-state index in [1.807, 2.05) is 30.0 Å². The van der Waals surface area contributed by atoms with Gasteiger partial charge in [-0.1, -0.05) is 13.0 Å². The maximum atomic E-state index is 12.5. The van der Waals surface area contributed by atoms with Crippen LogP contribution in [0.1, 0.15) is 25.3 Å². The first-order valence-corrected chi connectivity index (χ1v) is 7.97. The van der Waals surface area contributed by atoms with Gasteiger partial charge in [0.1, 0.15) is 6.54 Å². The van der Waals surface area contributed by atoms with Gasteiger partial charge in [-0.05, 0) is 43.4 Å². The lowest BCUT2D eigenvalue weighted by atomic mass is 9.99. The van der Waals surface area contributed by atoms with E-state index in [2.05, 4.69) is 12.2 Å². The molecular formula is C17H23N3O2. The maximum absolute atomic E-state index is 12.5. The molecular weight excluding hydrogens is 278 g/mol. The highest BCUT2D eigenvalue weighted by molar-refractivity contribution is 6.06. The summed E-state index contributed by atoms with van der Waals surface area (Å²) in [7, 11) is 0. The Balaban J connectivity index is 1.74. The first kappa shape index (κ1) is 14.9. The summed E-state index contributed by atoms with van der Waals surface area (Å²) in [6, 6.07) is 5.90. The predicted molar refractivity (Wildman–Crippen MR) is 87.0 cm³/mol. The molecule has 2 aliphatic rings. The van der Waals surface area contributed by atoms with Crippen LogP contribution < -0.4 is 10.2 Å². The van der Waals surface area contributed by atoms with E-state index in [0.717, 1.165) is 42.9 Å². The third kappa shape index (κ3) is 2.93. The average Bonchev–Trinajstić information content (AvgIpc) is 2.50. The summed E-state index contributed by atoms with van der Waals surface area (Å²) in [6.45, 7) is 6.25. The van der Waals surface area contributed by atoms with Crippen molar-refractivity contribution < 1.29 is 9.59 Å². The van der Waals surface area contributed by atoms with Crippen molar-refractivity contribution in [3.8, 4) is 0 Å². The van der Waals surface area contributed by atoms with Crippen LogP contribution in [0, 0.1) is 12.8 Å². The summed E-state index contributed by atoms with van der Waals surface area (Å²) in [5, 5.41) is 3.13. The molecule has 5 heteroatoms. The third-order valence-electron chi connectivity index (χ3n) is 4.60. The molecule has 2 amide bonds. The SMILES string of the molecule is Cc1ccc2c(c1)NCC(=O)N2CC(=O)N1CCC(C)CC1. The lowest BCUT2D eigenvalue weighted by Crippen LogP contribution is -2.48. The summed E-state index contributed by atoms with van der Waals surface area (Å²) >= 11 is 0. The molecule has 0 radical (unpaired) electrons. The Morgan fingerprint density at radius 2 is 2.05 bits per heavy atom. The highest BCUT2D eigenvalue weighted by Crippen LogP contribution is 2.30. The van der Waals surface area contributed by atoms with Crippen molar-refractivity contribution in [2.45, 2.75) is 26.7 Å². The van der Waals surface area contributed by atoms with Crippen LogP contribution in [0.2, 0.25) is 0 Å². The first-order valence-electron chi connectivity index (χ1n) is 7.97. The third-order valence-corrected chi connectivity index (χ3v) is 4.60. The number of amides is 2. The number of fused-ring (bicyclic) bond motifs is 1. The van der Waals surface area contributed by atoms with Gasteiger partial charge in [0.05, 0.1) is 17.9 Å². The van der Waals surface area contributed by atoms with Crippen LogP contribution in [0.4, 0.5) is 11.4 Å². The molecule has 0 saturated carbocycles. The van der Waals surface area contributed by atoms with Gasteiger partial charge in [-0.3, -0.25) is 14.5 Å². The molecule has 5 nitrogen and oxygen atoms in total. The number of carbonyl (C=O) groups excluding carboxylic acids is 2. The molecule has 3 rings (SSSR count). The molecule has 2 aliphatic heterocycles. The van der Waals surface area contributed by atoms with Crippen molar-refractivity contribution in [3.05, 3.63) is 23.8 Å². The molecule has 1 N–H and O–H groups in total. The van der Waals surface area contributed by atoms with Gasteiger partial charge in [-0.2, -0.15) is 0 Å². The van der Waals surface area contributed by atoms with Gasteiger partial charge in [-0.15, -0.1) is 0 Å². The van der Waals surface area contributed by atoms with Crippen LogP contribution in [-0.2, 0) is 9.59 Å². The summed E-state index contributed by atoms with van der Waals surface area (Å²) in [5.74, 6) is 0.692. The molecule has 1 aromatic rings. The topological polar surface area (TPSA) is 52.7 Å². The highest BCUT2D eigenvalue weighted by atomic mass is 16.2. The van der Waals surface area contributed by atoms with Crippen LogP contribution in [0.15, 0.2) is 18.2 Å². The monoisotopic (exact) mass is 301 g/mol. The Bertz CT molecular complexity index is 592. The van der Waals surface area contributed by atoms with E-state index in [4.69, 9.17) is 0 Å². The van der Waals surface area contributed by atoms with Crippen molar-refractivity contribution in [1.29, 1.82) is 0 Å². The lowest BCUT2D eigenvalue weighted by molar-refractivity contribution is -0.132. The van der Waals surface area contributed by atoms with Crippen molar-refractivity contribution in [2.75, 3.05) is 36.4 Å². The number of aryl methyl sites for hydroxylation is 1. The van der Waals surface area contributed by atoms with Gasteiger partial charge in [0.25, 0.3) is 0 Å². The lowest BCUT2D eigenvalue weighted by Gasteiger charge is -2.34. The number of anilines is 2. The molecule has 0 aromatic heterocycles. The van der Waals surface area contributed by atoms with Crippen LogP contribution in [-0.4, -0.2) is 42.9 Å². The van der Waals surface area contributed by atoms with E-state index in [1.165, 1.54) is 0 Å². The smallest absolute Gasteiger partial charge is 0.246 e. The van der Waals surface area contributed by atoms with E-state index in [9.17, 15) is 9.59 Å². The number of nitrogens with one attached hydrogen (secondary N) is 1. The fraction of sp³-hybridized carbons (Fsp3) is 0.529. The van der Waals surface area contributed by atoms with Gasteiger partial charge in [0.2, 0.25) is 11.8 Å². The number of hydrogen-bond acceptors (Lipinski definition) is 3. The molecule has 0 spiro atoms. The van der Waals surface area contributed by atoms with Gasteiger partial charge in [0.15, 0.2) is 0 Å². The molecule has 0 unspecified atom stereocenters. The number of carbonyl (C=O) groups is 2. The molecule has 22 heavy (non-hydrogen) atoms. The second-order valence-corrected chi connectivity index (χ2v) is 6.42. The van der Waals surface area contributed by atoms with Crippen LogP contribution in [0.3, 0.4) is 0 Å². The zero-order chi connectivity index (χ0) is 15.7. The van der Waals surface area contributed by atoms with E-state index in [1.54, 1.807) is 4.90 Å². The molecule has 2 heterocycles. The summed E-state index contributed by atoms with van der Waals surface area (Å²) < 4.78 is 0. The van der Waals surface area contributed by atoms with Crippen LogP contribution in [0.5, 0.6) is 0 Å². The Kier molecular flexibility index (Phi) is 4.05. The molecule has 0 atom stereocenters. The standard InChI is InChI=1S/C17H23N3O2/c1-12-5-7-19(8-6-12)17(22)11-20-15-4-3-13(2)9-14(15)18-10-16(20)21/h3-4,9,12,18H,5-8,10-11H2,1-2H3. The minimum atomic E-state index is -0.0462. The number of likely N-dealkylation sites (tertiary alicyclic amines) is 1. The van der Waals surface area contributed by atoms with Gasteiger partial charge in [-0.25, -0.2) is 0 Å². The minimum Gasteiger partial charge on any atom is -0.374 e. The minimum absolute atomic E-state index is 0.0462. The Morgan fingerprint density at radius 1 is 1.32 bits per heavy atom. The molecule has 1 fully saturated rings. The second kappa shape index (κ2) is 5.99. The van der Waals surface area contributed by atoms with Gasteiger partial charge in [0, 0.05) is 13.1 Å². The molecule has 0 aliphatic carbocycles. The van der Waals surface area contributed by atoms with Crippen LogP contribution in [0.25, 0.3) is 0 Å². The van der Waals surface area contributed by atoms with E-state index < -0.39 is 0 Å². The summed E-state index contributed by atoms with van der Waals surface area (Å²) in [6.07, 6.45) is 2.11. The normalized spacial score (nSPS) is 18.9. The van der Waals surface area contributed by atoms with E-state index in [0.29, 0.717) is 5.92 Å². The quantitative estimate of drug-likeness (QED) is 0.909. The zero-order valence-corrected chi connectivity index (χ0v) is 13.3. The molecule has 118 valence electrons. The van der Waals surface area contributed by atoms with E-state index >= 15 is 0 Å². The predicted octanol–water partition coefficient (Wildman–Crippen LogP) is 2.01. The van der Waals surface area contributed by atoms with Crippen LogP contribution >= 0.6 is 0 Å². The van der Waals surface area contributed by atoms with Crippen molar-refractivity contribution in [2.24, 2.45) is 5.92 Å². The van der Waals surface area contributed by atoms with E-state index in [-0.39, 0.29) is 24.9 Å². The number of piperidine rings is 1. The first-order chi connectivity index (χ1) is 10.5. The fourth-order valence-corrected chi connectivity index (χ4v) is 3.09. The Hall–Kier alpha value is -2.04. The average molecular weight is 301 g/mol. The van der Waals surface area contributed by atoms with Crippen molar-refractivity contribution in [1.82, 2.24) is 4.90 Å². The highest BCUT2D eigenvalue weighted by Gasteiger charge is 2.28.